The zero-order chi connectivity index (χ0) is 22.3. The third-order valence-electron chi connectivity index (χ3n) is 4.72. The van der Waals surface area contributed by atoms with E-state index in [4.69, 9.17) is 9.72 Å². The molecule has 3 aromatic carbocycles. The number of hydrogen-bond donors (Lipinski definition) is 1. The molecule has 6 nitrogen and oxygen atoms in total. The number of anilines is 1. The number of benzene rings is 3. The molecule has 0 aliphatic carbocycles. The van der Waals surface area contributed by atoms with E-state index in [2.05, 4.69) is 15.5 Å². The molecule has 0 fully saturated rings. The standard InChI is InChI=1S/C25H22N4O2S/c1-17-13-14-21(31-2)20(15-17)26-22(30)16-32-25-27-23(18-9-5-3-6-10-18)24(28-29-25)19-11-7-4-8-12-19/h3-15H,16H2,1-2H3,(H,26,30). The Morgan fingerprint density at radius 2 is 1.56 bits per heavy atom. The average molecular weight is 443 g/mol. The second kappa shape index (κ2) is 10.1. The summed E-state index contributed by atoms with van der Waals surface area (Å²) in [5, 5.41) is 12.0. The van der Waals surface area contributed by atoms with E-state index in [1.807, 2.05) is 85.8 Å². The van der Waals surface area contributed by atoms with E-state index in [-0.39, 0.29) is 11.7 Å². The van der Waals surface area contributed by atoms with Gasteiger partial charge in [0.05, 0.1) is 18.6 Å². The number of carbonyl (C=O) groups excluding carboxylic acids is 1. The van der Waals surface area contributed by atoms with E-state index < -0.39 is 0 Å². The second-order valence-corrected chi connectivity index (χ2v) is 8.01. The third-order valence-corrected chi connectivity index (χ3v) is 5.56. The summed E-state index contributed by atoms with van der Waals surface area (Å²) in [6, 6.07) is 25.3. The van der Waals surface area contributed by atoms with Crippen LogP contribution in [-0.2, 0) is 4.79 Å². The van der Waals surface area contributed by atoms with E-state index in [1.54, 1.807) is 7.11 Å². The van der Waals surface area contributed by atoms with Crippen molar-refractivity contribution < 1.29 is 9.53 Å². The average Bonchev–Trinajstić information content (AvgIpc) is 2.84. The normalized spacial score (nSPS) is 10.6. The predicted molar refractivity (Wildman–Crippen MR) is 128 cm³/mol. The van der Waals surface area contributed by atoms with Crippen LogP contribution in [0.25, 0.3) is 22.5 Å². The minimum absolute atomic E-state index is 0.150. The fourth-order valence-corrected chi connectivity index (χ4v) is 3.78. The molecule has 4 aromatic rings. The first-order valence-electron chi connectivity index (χ1n) is 10.1. The van der Waals surface area contributed by atoms with Crippen molar-refractivity contribution in [3.63, 3.8) is 0 Å². The van der Waals surface area contributed by atoms with Crippen LogP contribution in [0.5, 0.6) is 5.75 Å². The fraction of sp³-hybridized carbons (Fsp3) is 0.120. The molecular weight excluding hydrogens is 420 g/mol. The topological polar surface area (TPSA) is 77.0 Å². The van der Waals surface area contributed by atoms with Gasteiger partial charge in [0.25, 0.3) is 0 Å². The van der Waals surface area contributed by atoms with E-state index in [0.717, 1.165) is 22.4 Å². The number of thioether (sulfide) groups is 1. The summed E-state index contributed by atoms with van der Waals surface area (Å²) in [6.07, 6.45) is 0. The lowest BCUT2D eigenvalue weighted by Gasteiger charge is -2.11. The highest BCUT2D eigenvalue weighted by Crippen LogP contribution is 2.30. The molecule has 0 saturated carbocycles. The molecule has 1 N–H and O–H groups in total. The molecule has 7 heteroatoms. The number of nitrogens with one attached hydrogen (secondary N) is 1. The van der Waals surface area contributed by atoms with Gasteiger partial charge in [-0.25, -0.2) is 4.98 Å². The van der Waals surface area contributed by atoms with Gasteiger partial charge in [-0.15, -0.1) is 10.2 Å². The Kier molecular flexibility index (Phi) is 6.77. The summed E-state index contributed by atoms with van der Waals surface area (Å²) in [5.41, 5.74) is 4.99. The number of hydrogen-bond acceptors (Lipinski definition) is 6. The van der Waals surface area contributed by atoms with Gasteiger partial charge in [-0.3, -0.25) is 4.79 Å². The maximum absolute atomic E-state index is 12.5. The van der Waals surface area contributed by atoms with Gasteiger partial charge >= 0.3 is 0 Å². The highest BCUT2D eigenvalue weighted by atomic mass is 32.2. The summed E-state index contributed by atoms with van der Waals surface area (Å²) in [7, 11) is 1.58. The van der Waals surface area contributed by atoms with Gasteiger partial charge in [0, 0.05) is 11.1 Å². The lowest BCUT2D eigenvalue weighted by atomic mass is 10.0. The Hall–Kier alpha value is -3.71. The first kappa shape index (κ1) is 21.5. The van der Waals surface area contributed by atoms with Gasteiger partial charge in [0.2, 0.25) is 11.1 Å². The largest absolute Gasteiger partial charge is 0.495 e. The molecule has 0 aliphatic rings. The summed E-state index contributed by atoms with van der Waals surface area (Å²) < 4.78 is 5.33. The molecule has 0 saturated heterocycles. The van der Waals surface area contributed by atoms with Crippen molar-refractivity contribution in [2.75, 3.05) is 18.2 Å². The molecule has 0 aliphatic heterocycles. The minimum atomic E-state index is -0.170. The molecule has 32 heavy (non-hydrogen) atoms. The molecule has 0 atom stereocenters. The highest BCUT2D eigenvalue weighted by molar-refractivity contribution is 7.99. The Morgan fingerprint density at radius 1 is 0.906 bits per heavy atom. The van der Waals surface area contributed by atoms with Gasteiger partial charge in [-0.2, -0.15) is 0 Å². The van der Waals surface area contributed by atoms with Crippen LogP contribution in [0, 0.1) is 6.92 Å². The van der Waals surface area contributed by atoms with Gasteiger partial charge < -0.3 is 10.1 Å². The highest BCUT2D eigenvalue weighted by Gasteiger charge is 2.15. The number of amides is 1. The van der Waals surface area contributed by atoms with Crippen molar-refractivity contribution in [2.45, 2.75) is 12.1 Å². The number of nitrogens with zero attached hydrogens (tertiary/aromatic N) is 3. The molecule has 1 aromatic heterocycles. The van der Waals surface area contributed by atoms with Crippen LogP contribution in [0.1, 0.15) is 5.56 Å². The molecule has 4 rings (SSSR count). The maximum Gasteiger partial charge on any atom is 0.234 e. The number of methoxy groups -OCH3 is 1. The fourth-order valence-electron chi connectivity index (χ4n) is 3.20. The van der Waals surface area contributed by atoms with Crippen LogP contribution in [0.3, 0.4) is 0 Å². The van der Waals surface area contributed by atoms with Crippen LogP contribution in [0.15, 0.2) is 84.0 Å². The summed E-state index contributed by atoms with van der Waals surface area (Å²) in [5.74, 6) is 0.596. The Morgan fingerprint density at radius 3 is 2.22 bits per heavy atom. The molecule has 1 amide bonds. The van der Waals surface area contributed by atoms with Crippen LogP contribution < -0.4 is 10.1 Å². The third kappa shape index (κ3) is 5.12. The number of carbonyl (C=O) groups is 1. The van der Waals surface area contributed by atoms with E-state index in [1.165, 1.54) is 11.8 Å². The second-order valence-electron chi connectivity index (χ2n) is 7.06. The van der Waals surface area contributed by atoms with Crippen molar-refractivity contribution in [2.24, 2.45) is 0 Å². The maximum atomic E-state index is 12.5. The SMILES string of the molecule is COc1ccc(C)cc1NC(=O)CSc1nnc(-c2ccccc2)c(-c2ccccc2)n1. The minimum Gasteiger partial charge on any atom is -0.495 e. The number of aryl methyl sites for hydroxylation is 1. The van der Waals surface area contributed by atoms with Crippen LogP contribution in [-0.4, -0.2) is 34.0 Å². The van der Waals surface area contributed by atoms with Crippen molar-refractivity contribution in [3.05, 3.63) is 84.4 Å². The molecule has 0 radical (unpaired) electrons. The first-order valence-corrected chi connectivity index (χ1v) is 11.1. The smallest absolute Gasteiger partial charge is 0.234 e. The van der Waals surface area contributed by atoms with Crippen LogP contribution in [0.2, 0.25) is 0 Å². The van der Waals surface area contributed by atoms with Crippen molar-refractivity contribution in [3.8, 4) is 28.3 Å². The lowest BCUT2D eigenvalue weighted by molar-refractivity contribution is -0.113. The van der Waals surface area contributed by atoms with E-state index in [9.17, 15) is 4.79 Å². The number of rotatable bonds is 7. The molecule has 160 valence electrons. The van der Waals surface area contributed by atoms with Crippen LogP contribution in [0.4, 0.5) is 5.69 Å². The van der Waals surface area contributed by atoms with E-state index in [0.29, 0.717) is 22.3 Å². The van der Waals surface area contributed by atoms with Crippen molar-refractivity contribution >= 4 is 23.4 Å². The molecule has 0 bridgehead atoms. The Balaban J connectivity index is 1.55. The molecule has 0 spiro atoms. The number of aromatic nitrogens is 3. The summed E-state index contributed by atoms with van der Waals surface area (Å²) in [4.78, 5) is 17.3. The van der Waals surface area contributed by atoms with Gasteiger partial charge in [-0.05, 0) is 24.6 Å². The van der Waals surface area contributed by atoms with Crippen molar-refractivity contribution in [1.82, 2.24) is 15.2 Å². The zero-order valence-corrected chi connectivity index (χ0v) is 18.6. The molecule has 1 heterocycles. The Labute approximate surface area is 191 Å². The van der Waals surface area contributed by atoms with Crippen LogP contribution >= 0.6 is 11.8 Å². The van der Waals surface area contributed by atoms with E-state index >= 15 is 0 Å². The van der Waals surface area contributed by atoms with Crippen molar-refractivity contribution in [1.29, 1.82) is 0 Å². The zero-order valence-electron chi connectivity index (χ0n) is 17.8. The monoisotopic (exact) mass is 442 g/mol. The summed E-state index contributed by atoms with van der Waals surface area (Å²) in [6.45, 7) is 1.96. The first-order chi connectivity index (χ1) is 15.6. The van der Waals surface area contributed by atoms with Gasteiger partial charge in [0.15, 0.2) is 0 Å². The predicted octanol–water partition coefficient (Wildman–Crippen LogP) is 5.25. The summed E-state index contributed by atoms with van der Waals surface area (Å²) >= 11 is 1.24. The lowest BCUT2D eigenvalue weighted by Crippen LogP contribution is -2.15. The molecular formula is C25H22N4O2S. The number of ether oxygens (including phenoxy) is 1. The Bertz CT molecular complexity index is 1220. The van der Waals surface area contributed by atoms with Gasteiger partial charge in [0.1, 0.15) is 17.1 Å². The van der Waals surface area contributed by atoms with Gasteiger partial charge in [-0.1, -0.05) is 78.5 Å². The quantitative estimate of drug-likeness (QED) is 0.394. The molecule has 0 unspecified atom stereocenters.